The minimum atomic E-state index is -1.71. The van der Waals surface area contributed by atoms with E-state index < -0.39 is 86.8 Å². The fourth-order valence-electron chi connectivity index (χ4n) is 6.97. The zero-order valence-electron chi connectivity index (χ0n) is 31.2. The van der Waals surface area contributed by atoms with Gasteiger partial charge in [0.2, 0.25) is 12.6 Å². The predicted molar refractivity (Wildman–Crippen MR) is 202 cm³/mol. The van der Waals surface area contributed by atoms with Crippen LogP contribution >= 0.6 is 0 Å². The van der Waals surface area contributed by atoms with Gasteiger partial charge in [0.05, 0.1) is 20.3 Å². The van der Waals surface area contributed by atoms with E-state index in [1.54, 1.807) is 42.5 Å². The van der Waals surface area contributed by atoms with E-state index in [1.807, 2.05) is 0 Å². The van der Waals surface area contributed by atoms with Gasteiger partial charge in [0.15, 0.2) is 35.2 Å². The summed E-state index contributed by atoms with van der Waals surface area (Å²) in [4.78, 5) is 0. The van der Waals surface area contributed by atoms with Gasteiger partial charge in [-0.15, -0.1) is 0 Å². The molecule has 0 spiro atoms. The Labute approximate surface area is 336 Å². The molecule has 0 bridgehead atoms. The van der Waals surface area contributed by atoms with Crippen LogP contribution in [-0.4, -0.2) is 138 Å². The molecule has 0 amide bonds. The van der Waals surface area contributed by atoms with Crippen LogP contribution in [0.15, 0.2) is 72.8 Å². The van der Waals surface area contributed by atoms with Gasteiger partial charge in [0.1, 0.15) is 71.8 Å². The van der Waals surface area contributed by atoms with E-state index >= 15 is 0 Å². The van der Waals surface area contributed by atoms with E-state index in [9.17, 15) is 56.2 Å². The number of phenols is 3. The van der Waals surface area contributed by atoms with Gasteiger partial charge in [-0.3, -0.25) is 0 Å². The third kappa shape index (κ3) is 8.82. The summed E-state index contributed by atoms with van der Waals surface area (Å²) in [5, 5.41) is 112. The molecule has 0 aliphatic carbocycles. The summed E-state index contributed by atoms with van der Waals surface area (Å²) in [7, 11) is 1.39. The van der Waals surface area contributed by atoms with E-state index in [4.69, 9.17) is 33.2 Å². The van der Waals surface area contributed by atoms with Crippen molar-refractivity contribution in [2.45, 2.75) is 73.6 Å². The molecular weight excluding hydrogens is 780 g/mol. The quantitative estimate of drug-likeness (QED) is 0.0923. The number of aliphatic hydroxyl groups excluding tert-OH is 8. The summed E-state index contributed by atoms with van der Waals surface area (Å²) >= 11 is 0. The topological polar surface area (TPSA) is 287 Å². The van der Waals surface area contributed by atoms with Crippen LogP contribution in [0.25, 0.3) is 12.2 Å². The van der Waals surface area contributed by atoms with Gasteiger partial charge in [0, 0.05) is 23.3 Å². The molecule has 18 heteroatoms. The summed E-state index contributed by atoms with van der Waals surface area (Å²) in [5.74, 6) is 0.212. The van der Waals surface area contributed by atoms with E-state index in [1.165, 1.54) is 49.6 Å². The third-order valence-electron chi connectivity index (χ3n) is 10.1. The molecule has 2 saturated heterocycles. The average Bonchev–Trinajstić information content (AvgIpc) is 3.22. The van der Waals surface area contributed by atoms with Crippen LogP contribution in [0, 0.1) is 0 Å². The monoisotopic (exact) mass is 824 g/mol. The van der Waals surface area contributed by atoms with Crippen molar-refractivity contribution in [3.63, 3.8) is 0 Å². The molecule has 7 rings (SSSR count). The number of rotatable bonds is 11. The van der Waals surface area contributed by atoms with Crippen molar-refractivity contribution in [2.24, 2.45) is 0 Å². The first kappa shape index (κ1) is 41.8. The molecule has 4 aromatic rings. The maximum Gasteiger partial charge on any atom is 0.229 e. The Bertz CT molecular complexity index is 2120. The standard InChI is InChI=1S/C41H44O18/c1-53-28-13-20(5-6-26(28)46)38-39(21-11-23(45)15-25(12-21)55-41-37(52)35(50)33(48)31(17-43)59-41)56-27-7-4-18(10-29(27)57-38)2-3-19-8-22(44)14-24(9-19)54-40-36(51)34(49)32(47)30(16-42)58-40/h2-15,30-52H,16-17H2,1H3. The number of hydrogen-bond acceptors (Lipinski definition) is 18. The second kappa shape index (κ2) is 17.5. The maximum absolute atomic E-state index is 10.8. The molecule has 4 aromatic carbocycles. The van der Waals surface area contributed by atoms with Gasteiger partial charge in [-0.25, -0.2) is 0 Å². The number of aliphatic hydroxyl groups is 8. The number of aromatic hydroxyl groups is 3. The van der Waals surface area contributed by atoms with E-state index in [-0.39, 0.29) is 34.5 Å². The van der Waals surface area contributed by atoms with Crippen LogP contribution in [-0.2, 0) is 9.47 Å². The van der Waals surface area contributed by atoms with Crippen molar-refractivity contribution < 1.29 is 89.3 Å². The molecule has 12 unspecified atom stereocenters. The molecule has 0 radical (unpaired) electrons. The molecule has 0 saturated carbocycles. The van der Waals surface area contributed by atoms with Gasteiger partial charge in [-0.2, -0.15) is 0 Å². The Hall–Kier alpha value is -5.38. The van der Waals surface area contributed by atoms with Crippen molar-refractivity contribution in [1.29, 1.82) is 0 Å². The molecule has 316 valence electrons. The minimum Gasteiger partial charge on any atom is -0.508 e. The highest BCUT2D eigenvalue weighted by Gasteiger charge is 2.46. The van der Waals surface area contributed by atoms with Gasteiger partial charge in [-0.05, 0) is 59.7 Å². The highest BCUT2D eigenvalue weighted by molar-refractivity contribution is 5.72. The molecule has 3 heterocycles. The number of phenolic OH excluding ortho intramolecular Hbond substituents is 3. The summed E-state index contributed by atoms with van der Waals surface area (Å²) in [6.45, 7) is -1.31. The van der Waals surface area contributed by atoms with E-state index in [0.29, 0.717) is 33.8 Å². The Kier molecular flexibility index (Phi) is 12.4. The van der Waals surface area contributed by atoms with Crippen molar-refractivity contribution in [3.8, 4) is 46.0 Å². The summed E-state index contributed by atoms with van der Waals surface area (Å²) < 4.78 is 40.8. The van der Waals surface area contributed by atoms with Crippen LogP contribution in [0.4, 0.5) is 0 Å². The Morgan fingerprint density at radius 2 is 1.10 bits per heavy atom. The lowest BCUT2D eigenvalue weighted by Gasteiger charge is -2.39. The number of fused-ring (bicyclic) bond motifs is 1. The van der Waals surface area contributed by atoms with Crippen molar-refractivity contribution >= 4 is 12.2 Å². The lowest BCUT2D eigenvalue weighted by atomic mass is 9.95. The SMILES string of the molecule is COc1cc(C2Oc3cc(C=Cc4cc(O)cc(OC5OC(CO)C(O)C(O)C5O)c4)ccc3OC2c2cc(O)cc(OC3OC(CO)C(O)C(O)C3O)c2)ccc1O. The highest BCUT2D eigenvalue weighted by atomic mass is 16.7. The van der Waals surface area contributed by atoms with Crippen LogP contribution in [0.2, 0.25) is 0 Å². The number of methoxy groups -OCH3 is 1. The number of ether oxygens (including phenoxy) is 7. The zero-order chi connectivity index (χ0) is 42.1. The predicted octanol–water partition coefficient (Wildman–Crippen LogP) is 0.594. The van der Waals surface area contributed by atoms with Gasteiger partial charge in [0.25, 0.3) is 0 Å². The molecule has 11 N–H and O–H groups in total. The molecule has 3 aliphatic rings. The molecule has 18 nitrogen and oxygen atoms in total. The van der Waals surface area contributed by atoms with Crippen LogP contribution < -0.4 is 23.7 Å². The molecule has 3 aliphatic heterocycles. The van der Waals surface area contributed by atoms with Crippen molar-refractivity contribution in [2.75, 3.05) is 20.3 Å². The van der Waals surface area contributed by atoms with E-state index in [2.05, 4.69) is 0 Å². The van der Waals surface area contributed by atoms with Crippen molar-refractivity contribution in [1.82, 2.24) is 0 Å². The first-order chi connectivity index (χ1) is 28.3. The fraction of sp³-hybridized carbons (Fsp3) is 0.366. The van der Waals surface area contributed by atoms with Crippen molar-refractivity contribution in [3.05, 3.63) is 95.1 Å². The van der Waals surface area contributed by atoms with Gasteiger partial charge in [-0.1, -0.05) is 24.3 Å². The highest BCUT2D eigenvalue weighted by Crippen LogP contribution is 2.48. The lowest BCUT2D eigenvalue weighted by Crippen LogP contribution is -2.60. The van der Waals surface area contributed by atoms with Gasteiger partial charge >= 0.3 is 0 Å². The normalized spacial score (nSPS) is 30.5. The van der Waals surface area contributed by atoms with Crippen LogP contribution in [0.5, 0.6) is 46.0 Å². The third-order valence-corrected chi connectivity index (χ3v) is 10.1. The second-order valence-electron chi connectivity index (χ2n) is 14.2. The summed E-state index contributed by atoms with van der Waals surface area (Å²) in [6, 6.07) is 18.0. The van der Waals surface area contributed by atoms with Crippen LogP contribution in [0.3, 0.4) is 0 Å². The maximum atomic E-state index is 10.8. The second-order valence-corrected chi connectivity index (χ2v) is 14.2. The summed E-state index contributed by atoms with van der Waals surface area (Å²) in [6.07, 6.45) is -13.9. The first-order valence-electron chi connectivity index (χ1n) is 18.4. The Morgan fingerprint density at radius 3 is 1.71 bits per heavy atom. The van der Waals surface area contributed by atoms with E-state index in [0.717, 1.165) is 0 Å². The Balaban J connectivity index is 1.15. The molecule has 2 fully saturated rings. The average molecular weight is 825 g/mol. The smallest absolute Gasteiger partial charge is 0.229 e. The fourth-order valence-corrected chi connectivity index (χ4v) is 6.97. The minimum absolute atomic E-state index is 0.0186. The van der Waals surface area contributed by atoms with Gasteiger partial charge < -0.3 is 89.3 Å². The van der Waals surface area contributed by atoms with Crippen LogP contribution in [0.1, 0.15) is 34.5 Å². The summed E-state index contributed by atoms with van der Waals surface area (Å²) in [5.41, 5.74) is 1.92. The molecule has 12 atom stereocenters. The first-order valence-corrected chi connectivity index (χ1v) is 18.4. The molecule has 59 heavy (non-hydrogen) atoms. The molecule has 0 aromatic heterocycles. The largest absolute Gasteiger partial charge is 0.508 e. The number of benzene rings is 4. The Morgan fingerprint density at radius 1 is 0.542 bits per heavy atom. The zero-order valence-corrected chi connectivity index (χ0v) is 31.2. The molecular formula is C41H44O18. The lowest BCUT2D eigenvalue weighted by molar-refractivity contribution is -0.277. The number of hydrogen-bond donors (Lipinski definition) is 11.